The highest BCUT2D eigenvalue weighted by molar-refractivity contribution is 5.40. The molecule has 1 aromatic carbocycles. The Bertz CT molecular complexity index is 918. The van der Waals surface area contributed by atoms with Gasteiger partial charge in [0.25, 0.3) is 5.56 Å². The normalized spacial score (nSPS) is 17.5. The number of H-pyrrole nitrogens is 1. The molecular weight excluding hydrogens is 378 g/mol. The number of fused-ring (bicyclic) bond motifs is 1. The van der Waals surface area contributed by atoms with Gasteiger partial charge in [0.05, 0.1) is 24.5 Å². The van der Waals surface area contributed by atoms with Gasteiger partial charge < -0.3 is 14.5 Å². The van der Waals surface area contributed by atoms with Crippen LogP contribution >= 0.6 is 0 Å². The van der Waals surface area contributed by atoms with E-state index in [9.17, 15) is 4.79 Å². The predicted molar refractivity (Wildman–Crippen MR) is 117 cm³/mol. The van der Waals surface area contributed by atoms with Crippen LogP contribution in [0.2, 0.25) is 0 Å². The van der Waals surface area contributed by atoms with E-state index in [-0.39, 0.29) is 5.56 Å². The van der Waals surface area contributed by atoms with Crippen molar-refractivity contribution in [1.29, 1.82) is 0 Å². The lowest BCUT2D eigenvalue weighted by Gasteiger charge is -2.29. The highest BCUT2D eigenvalue weighted by Gasteiger charge is 2.25. The molecule has 0 amide bonds. The Hall–Kier alpha value is -2.34. The summed E-state index contributed by atoms with van der Waals surface area (Å²) in [7, 11) is 0. The first kappa shape index (κ1) is 20.9. The predicted octanol–water partition coefficient (Wildman–Crippen LogP) is 4.17. The average Bonchev–Trinajstić information content (AvgIpc) is 2.77. The van der Waals surface area contributed by atoms with E-state index in [2.05, 4.69) is 16.0 Å². The third-order valence-corrected chi connectivity index (χ3v) is 6.19. The Balaban J connectivity index is 1.52. The molecule has 6 nitrogen and oxygen atoms in total. The van der Waals surface area contributed by atoms with Crippen molar-refractivity contribution in [3.05, 3.63) is 51.2 Å². The third kappa shape index (κ3) is 4.69. The van der Waals surface area contributed by atoms with E-state index in [1.165, 1.54) is 19.3 Å². The van der Waals surface area contributed by atoms with Gasteiger partial charge in [-0.1, -0.05) is 19.3 Å². The molecule has 4 rings (SSSR count). The number of hydrogen-bond donors (Lipinski definition) is 1. The van der Waals surface area contributed by atoms with E-state index in [0.717, 1.165) is 66.5 Å². The van der Waals surface area contributed by atoms with Crippen molar-refractivity contribution in [3.63, 3.8) is 0 Å². The minimum atomic E-state index is 0.0402. The van der Waals surface area contributed by atoms with E-state index in [1.807, 2.05) is 26.0 Å². The van der Waals surface area contributed by atoms with Gasteiger partial charge in [0.1, 0.15) is 17.3 Å². The first-order valence-corrected chi connectivity index (χ1v) is 11.4. The van der Waals surface area contributed by atoms with Crippen molar-refractivity contribution in [2.45, 2.75) is 71.4 Å². The first-order chi connectivity index (χ1) is 14.7. The molecule has 162 valence electrons. The minimum Gasteiger partial charge on any atom is -0.494 e. The second-order valence-electron chi connectivity index (χ2n) is 8.31. The summed E-state index contributed by atoms with van der Waals surface area (Å²) in [6.07, 6.45) is 6.88. The third-order valence-electron chi connectivity index (χ3n) is 6.19. The first-order valence-electron chi connectivity index (χ1n) is 11.4. The van der Waals surface area contributed by atoms with Crippen LogP contribution in [0.25, 0.3) is 0 Å². The number of aromatic amines is 1. The topological polar surface area (TPSA) is 67.5 Å². The van der Waals surface area contributed by atoms with Crippen molar-refractivity contribution in [1.82, 2.24) is 14.9 Å². The average molecular weight is 412 g/mol. The molecule has 0 atom stereocenters. The summed E-state index contributed by atoms with van der Waals surface area (Å²) < 4.78 is 11.5. The van der Waals surface area contributed by atoms with Gasteiger partial charge in [0, 0.05) is 37.5 Å². The van der Waals surface area contributed by atoms with E-state index in [4.69, 9.17) is 14.5 Å². The molecule has 30 heavy (non-hydrogen) atoms. The molecule has 0 unspecified atom stereocenters. The number of hydrogen-bond acceptors (Lipinski definition) is 5. The van der Waals surface area contributed by atoms with E-state index in [1.54, 1.807) is 0 Å². The molecule has 2 heterocycles. The van der Waals surface area contributed by atoms with Gasteiger partial charge in [-0.15, -0.1) is 0 Å². The summed E-state index contributed by atoms with van der Waals surface area (Å²) in [4.78, 5) is 23.2. The molecule has 2 aromatic rings. The zero-order valence-electron chi connectivity index (χ0n) is 18.2. The Morgan fingerprint density at radius 3 is 2.70 bits per heavy atom. The SMILES string of the molecule is CCOc1ccc(OCC)c(CN2CCc3nc(C4CCCCC4)[nH]c(=O)c3C2)c1. The number of nitrogens with zero attached hydrogens (tertiary/aromatic N) is 2. The van der Waals surface area contributed by atoms with Gasteiger partial charge in [-0.05, 0) is 44.9 Å². The van der Waals surface area contributed by atoms with Crippen molar-refractivity contribution in [2.24, 2.45) is 0 Å². The van der Waals surface area contributed by atoms with Crippen LogP contribution in [-0.2, 0) is 19.5 Å². The van der Waals surface area contributed by atoms with Gasteiger partial charge in [-0.2, -0.15) is 0 Å². The van der Waals surface area contributed by atoms with Crippen LogP contribution in [0.3, 0.4) is 0 Å². The number of rotatable bonds is 7. The van der Waals surface area contributed by atoms with E-state index in [0.29, 0.717) is 25.7 Å². The number of nitrogens with one attached hydrogen (secondary N) is 1. The van der Waals surface area contributed by atoms with Crippen LogP contribution in [0, 0.1) is 0 Å². The molecule has 6 heteroatoms. The largest absolute Gasteiger partial charge is 0.494 e. The Labute approximate surface area is 178 Å². The van der Waals surface area contributed by atoms with E-state index >= 15 is 0 Å². The lowest BCUT2D eigenvalue weighted by atomic mass is 9.88. The maximum atomic E-state index is 12.9. The fourth-order valence-electron chi connectivity index (χ4n) is 4.68. The molecule has 0 radical (unpaired) electrons. The van der Waals surface area contributed by atoms with E-state index < -0.39 is 0 Å². The molecule has 1 aliphatic carbocycles. The summed E-state index contributed by atoms with van der Waals surface area (Å²) in [5, 5.41) is 0. The number of aromatic nitrogens is 2. The summed E-state index contributed by atoms with van der Waals surface area (Å²) in [6, 6.07) is 5.98. The van der Waals surface area contributed by atoms with Crippen LogP contribution < -0.4 is 15.0 Å². The zero-order chi connectivity index (χ0) is 20.9. The van der Waals surface area contributed by atoms with Crippen LogP contribution in [0.15, 0.2) is 23.0 Å². The molecule has 1 saturated carbocycles. The highest BCUT2D eigenvalue weighted by atomic mass is 16.5. The summed E-state index contributed by atoms with van der Waals surface area (Å²) in [6.45, 7) is 7.46. The molecular formula is C24H33N3O3. The summed E-state index contributed by atoms with van der Waals surface area (Å²) in [5.41, 5.74) is 2.94. The van der Waals surface area contributed by atoms with Crippen LogP contribution in [-0.4, -0.2) is 34.6 Å². The lowest BCUT2D eigenvalue weighted by molar-refractivity contribution is 0.234. The molecule has 2 aliphatic rings. The Morgan fingerprint density at radius 2 is 1.93 bits per heavy atom. The minimum absolute atomic E-state index is 0.0402. The van der Waals surface area contributed by atoms with Gasteiger partial charge >= 0.3 is 0 Å². The molecule has 1 fully saturated rings. The highest BCUT2D eigenvalue weighted by Crippen LogP contribution is 2.31. The standard InChI is InChI=1S/C24H33N3O3/c1-3-29-19-10-11-22(30-4-2)18(14-19)15-27-13-12-21-20(16-27)24(28)26-23(25-21)17-8-6-5-7-9-17/h10-11,14,17H,3-9,12-13,15-16H2,1-2H3,(H,25,26,28). The number of benzene rings is 1. The van der Waals surface area contributed by atoms with Gasteiger partial charge in [0.15, 0.2) is 0 Å². The van der Waals surface area contributed by atoms with Gasteiger partial charge in [-0.25, -0.2) is 4.98 Å². The molecule has 1 aromatic heterocycles. The molecule has 1 N–H and O–H groups in total. The Kier molecular flexibility index (Phi) is 6.72. The molecule has 0 saturated heterocycles. The maximum Gasteiger partial charge on any atom is 0.255 e. The number of ether oxygens (including phenoxy) is 2. The summed E-state index contributed by atoms with van der Waals surface area (Å²) >= 11 is 0. The fourth-order valence-corrected chi connectivity index (χ4v) is 4.68. The molecule has 0 bridgehead atoms. The second-order valence-corrected chi connectivity index (χ2v) is 8.31. The Morgan fingerprint density at radius 1 is 1.13 bits per heavy atom. The van der Waals surface area contributed by atoms with Crippen molar-refractivity contribution in [2.75, 3.05) is 19.8 Å². The quantitative estimate of drug-likeness (QED) is 0.741. The molecule has 1 aliphatic heterocycles. The maximum absolute atomic E-state index is 12.9. The van der Waals surface area contributed by atoms with Crippen LogP contribution in [0.5, 0.6) is 11.5 Å². The van der Waals surface area contributed by atoms with Crippen molar-refractivity contribution in [3.8, 4) is 11.5 Å². The smallest absolute Gasteiger partial charge is 0.255 e. The van der Waals surface area contributed by atoms with Crippen molar-refractivity contribution >= 4 is 0 Å². The molecule has 0 spiro atoms. The zero-order valence-corrected chi connectivity index (χ0v) is 18.2. The monoisotopic (exact) mass is 411 g/mol. The van der Waals surface area contributed by atoms with Crippen LogP contribution in [0.4, 0.5) is 0 Å². The van der Waals surface area contributed by atoms with Crippen LogP contribution in [0.1, 0.15) is 74.5 Å². The fraction of sp³-hybridized carbons (Fsp3) is 0.583. The van der Waals surface area contributed by atoms with Gasteiger partial charge in [-0.3, -0.25) is 9.69 Å². The van der Waals surface area contributed by atoms with Gasteiger partial charge in [0.2, 0.25) is 0 Å². The second kappa shape index (κ2) is 9.65. The summed E-state index contributed by atoms with van der Waals surface area (Å²) in [5.74, 6) is 3.07. The van der Waals surface area contributed by atoms with Crippen molar-refractivity contribution < 1.29 is 9.47 Å². The lowest BCUT2D eigenvalue weighted by Crippen LogP contribution is -2.36.